The number of nitro benzene ring substituents is 1. The van der Waals surface area contributed by atoms with Gasteiger partial charge in [0, 0.05) is 31.1 Å². The number of piperidine rings is 1. The molecule has 0 radical (unpaired) electrons. The molecule has 1 aliphatic rings. The zero-order valence-electron chi connectivity index (χ0n) is 16.7. The van der Waals surface area contributed by atoms with Crippen LogP contribution < -0.4 is 14.8 Å². The molecular formula is C19H27N3O6. The Morgan fingerprint density at radius 3 is 2.64 bits per heavy atom. The summed E-state index contributed by atoms with van der Waals surface area (Å²) in [4.78, 5) is 37.5. The number of rotatable bonds is 7. The lowest BCUT2D eigenvalue weighted by Gasteiger charge is -2.33. The number of ether oxygens (including phenoxy) is 2. The minimum atomic E-state index is -0.604. The molecule has 9 heteroatoms. The number of benzene rings is 1. The van der Waals surface area contributed by atoms with E-state index in [2.05, 4.69) is 5.32 Å². The van der Waals surface area contributed by atoms with Crippen molar-refractivity contribution in [1.29, 1.82) is 0 Å². The van der Waals surface area contributed by atoms with Crippen LogP contribution in [0.25, 0.3) is 0 Å². The van der Waals surface area contributed by atoms with Crippen molar-refractivity contribution in [1.82, 2.24) is 10.2 Å². The topological polar surface area (TPSA) is 111 Å². The Bertz CT molecular complexity index is 749. The molecule has 1 N–H and O–H groups in total. The van der Waals surface area contributed by atoms with Gasteiger partial charge in [0.15, 0.2) is 11.5 Å². The monoisotopic (exact) mass is 393 g/mol. The molecule has 9 nitrogen and oxygen atoms in total. The van der Waals surface area contributed by atoms with Crippen molar-refractivity contribution in [2.45, 2.75) is 39.7 Å². The molecule has 154 valence electrons. The second kappa shape index (κ2) is 9.38. The molecule has 0 spiro atoms. The Labute approximate surface area is 164 Å². The summed E-state index contributed by atoms with van der Waals surface area (Å²) in [6.07, 6.45) is 1.47. The van der Waals surface area contributed by atoms with E-state index >= 15 is 0 Å². The molecule has 0 aromatic heterocycles. The maximum Gasteiger partial charge on any atom is 0.286 e. The second-order valence-corrected chi connectivity index (χ2v) is 6.96. The fourth-order valence-corrected chi connectivity index (χ4v) is 3.12. The first-order valence-electron chi connectivity index (χ1n) is 9.37. The van der Waals surface area contributed by atoms with Gasteiger partial charge in [0.05, 0.1) is 24.7 Å². The van der Waals surface area contributed by atoms with Gasteiger partial charge < -0.3 is 19.7 Å². The summed E-state index contributed by atoms with van der Waals surface area (Å²) < 4.78 is 10.6. The van der Waals surface area contributed by atoms with Crippen LogP contribution in [-0.2, 0) is 4.79 Å². The molecule has 1 aromatic rings. The van der Waals surface area contributed by atoms with Crippen molar-refractivity contribution in [2.75, 3.05) is 26.8 Å². The van der Waals surface area contributed by atoms with Gasteiger partial charge in [-0.1, -0.05) is 13.8 Å². The van der Waals surface area contributed by atoms with Gasteiger partial charge in [-0.3, -0.25) is 19.7 Å². The predicted octanol–water partition coefficient (Wildman–Crippen LogP) is 2.38. The Balaban J connectivity index is 2.29. The summed E-state index contributed by atoms with van der Waals surface area (Å²) in [6, 6.07) is 2.40. The Morgan fingerprint density at radius 1 is 1.36 bits per heavy atom. The van der Waals surface area contributed by atoms with Gasteiger partial charge in [-0.2, -0.15) is 0 Å². The van der Waals surface area contributed by atoms with E-state index < -0.39 is 10.8 Å². The van der Waals surface area contributed by atoms with Gasteiger partial charge in [0.2, 0.25) is 5.91 Å². The highest BCUT2D eigenvalue weighted by atomic mass is 16.6. The van der Waals surface area contributed by atoms with Crippen LogP contribution in [0.1, 0.15) is 44.0 Å². The third-order valence-electron chi connectivity index (χ3n) is 4.59. The number of methoxy groups -OCH3 is 1. The lowest BCUT2D eigenvalue weighted by atomic mass is 10.0. The average Bonchev–Trinajstić information content (AvgIpc) is 2.67. The molecule has 0 aliphatic carbocycles. The summed E-state index contributed by atoms with van der Waals surface area (Å²) in [5.41, 5.74) is -0.385. The van der Waals surface area contributed by atoms with E-state index in [4.69, 9.17) is 9.47 Å². The molecule has 1 aromatic carbocycles. The number of likely N-dealkylation sites (tertiary alicyclic amines) is 1. The van der Waals surface area contributed by atoms with Crippen LogP contribution in [0.3, 0.4) is 0 Å². The van der Waals surface area contributed by atoms with E-state index in [1.165, 1.54) is 19.2 Å². The van der Waals surface area contributed by atoms with Gasteiger partial charge in [0.25, 0.3) is 11.6 Å². The van der Waals surface area contributed by atoms with Crippen LogP contribution >= 0.6 is 0 Å². The normalized spacial score (nSPS) is 16.6. The van der Waals surface area contributed by atoms with E-state index in [0.29, 0.717) is 26.1 Å². The zero-order chi connectivity index (χ0) is 20.8. The third-order valence-corrected chi connectivity index (χ3v) is 4.59. The van der Waals surface area contributed by atoms with Crippen LogP contribution in [0.5, 0.6) is 11.5 Å². The molecule has 0 bridgehead atoms. The SMILES string of the molecule is CCOc1cc(C(=O)N2CCCC(NC(=O)C(C)C)C2)c([N+](=O)[O-])cc1OC. The number of hydrogen-bond acceptors (Lipinski definition) is 6. The first-order valence-corrected chi connectivity index (χ1v) is 9.37. The van der Waals surface area contributed by atoms with Gasteiger partial charge in [0.1, 0.15) is 5.56 Å². The van der Waals surface area contributed by atoms with Crippen LogP contribution in [0.4, 0.5) is 5.69 Å². The van der Waals surface area contributed by atoms with Crippen LogP contribution in [0.2, 0.25) is 0 Å². The van der Waals surface area contributed by atoms with Crippen LogP contribution in [-0.4, -0.2) is 54.5 Å². The predicted molar refractivity (Wildman–Crippen MR) is 103 cm³/mol. The molecule has 1 fully saturated rings. The van der Waals surface area contributed by atoms with Gasteiger partial charge in [-0.25, -0.2) is 0 Å². The molecular weight excluding hydrogens is 366 g/mol. The number of nitrogens with zero attached hydrogens (tertiary/aromatic N) is 2. The highest BCUT2D eigenvalue weighted by molar-refractivity contribution is 5.99. The van der Waals surface area contributed by atoms with Gasteiger partial charge in [-0.15, -0.1) is 0 Å². The van der Waals surface area contributed by atoms with Crippen molar-refractivity contribution in [3.63, 3.8) is 0 Å². The molecule has 1 heterocycles. The number of nitrogens with one attached hydrogen (secondary N) is 1. The minimum absolute atomic E-state index is 0.0508. The number of hydrogen-bond donors (Lipinski definition) is 1. The molecule has 1 unspecified atom stereocenters. The quantitative estimate of drug-likeness (QED) is 0.562. The number of carbonyl (C=O) groups is 2. The molecule has 0 saturated carbocycles. The summed E-state index contributed by atoms with van der Waals surface area (Å²) in [5.74, 6) is -0.207. The first-order chi connectivity index (χ1) is 13.3. The van der Waals surface area contributed by atoms with E-state index in [1.807, 2.05) is 0 Å². The van der Waals surface area contributed by atoms with Crippen molar-refractivity contribution in [2.24, 2.45) is 5.92 Å². The van der Waals surface area contributed by atoms with Crippen LogP contribution in [0.15, 0.2) is 12.1 Å². The summed E-state index contributed by atoms with van der Waals surface area (Å²) in [5, 5.41) is 14.4. The molecule has 2 amide bonds. The fraction of sp³-hybridized carbons (Fsp3) is 0.579. The van der Waals surface area contributed by atoms with E-state index in [9.17, 15) is 19.7 Å². The lowest BCUT2D eigenvalue weighted by molar-refractivity contribution is -0.385. The number of carbonyl (C=O) groups excluding carboxylic acids is 2. The highest BCUT2D eigenvalue weighted by Gasteiger charge is 2.31. The van der Waals surface area contributed by atoms with Gasteiger partial charge in [-0.05, 0) is 19.8 Å². The molecule has 28 heavy (non-hydrogen) atoms. The summed E-state index contributed by atoms with van der Waals surface area (Å²) >= 11 is 0. The second-order valence-electron chi connectivity index (χ2n) is 6.96. The number of amides is 2. The average molecular weight is 393 g/mol. The van der Waals surface area contributed by atoms with Crippen molar-refractivity contribution >= 4 is 17.5 Å². The molecule has 2 rings (SSSR count). The fourth-order valence-electron chi connectivity index (χ4n) is 3.12. The standard InChI is InChI=1S/C19H27N3O6/c1-5-28-17-9-14(15(22(25)26)10-16(17)27-4)19(24)21-8-6-7-13(11-21)20-18(23)12(2)3/h9-10,12-13H,5-8,11H2,1-4H3,(H,20,23). The summed E-state index contributed by atoms with van der Waals surface area (Å²) in [7, 11) is 1.38. The third kappa shape index (κ3) is 4.90. The summed E-state index contributed by atoms with van der Waals surface area (Å²) in [6.45, 7) is 6.49. The largest absolute Gasteiger partial charge is 0.493 e. The van der Waals surface area contributed by atoms with Crippen LogP contribution in [0, 0.1) is 16.0 Å². The maximum atomic E-state index is 13.1. The van der Waals surface area contributed by atoms with E-state index in [0.717, 1.165) is 6.42 Å². The Morgan fingerprint density at radius 2 is 2.07 bits per heavy atom. The maximum absolute atomic E-state index is 13.1. The lowest BCUT2D eigenvalue weighted by Crippen LogP contribution is -2.50. The molecule has 1 saturated heterocycles. The van der Waals surface area contributed by atoms with Gasteiger partial charge >= 0.3 is 0 Å². The van der Waals surface area contributed by atoms with Crippen molar-refractivity contribution in [3.8, 4) is 11.5 Å². The minimum Gasteiger partial charge on any atom is -0.493 e. The van der Waals surface area contributed by atoms with Crippen molar-refractivity contribution in [3.05, 3.63) is 27.8 Å². The molecule has 1 atom stereocenters. The molecule has 1 aliphatic heterocycles. The zero-order valence-corrected chi connectivity index (χ0v) is 16.7. The Kier molecular flexibility index (Phi) is 7.19. The van der Waals surface area contributed by atoms with E-state index in [1.54, 1.807) is 25.7 Å². The Hall–Kier alpha value is -2.84. The van der Waals surface area contributed by atoms with E-state index in [-0.39, 0.29) is 40.6 Å². The first kappa shape index (κ1) is 21.5. The number of nitro groups is 1. The highest BCUT2D eigenvalue weighted by Crippen LogP contribution is 2.35. The smallest absolute Gasteiger partial charge is 0.286 e. The van der Waals surface area contributed by atoms with Crippen molar-refractivity contribution < 1.29 is 24.0 Å².